The normalized spacial score (nSPS) is 12.2. The van der Waals surface area contributed by atoms with Gasteiger partial charge in [0.15, 0.2) is 11.5 Å². The highest BCUT2D eigenvalue weighted by Gasteiger charge is 2.26. The summed E-state index contributed by atoms with van der Waals surface area (Å²) in [4.78, 5) is 91.7. The van der Waals surface area contributed by atoms with Crippen LogP contribution in [0.25, 0.3) is 11.0 Å². The van der Waals surface area contributed by atoms with E-state index in [1.165, 1.54) is 46.2 Å². The van der Waals surface area contributed by atoms with Crippen LogP contribution in [0.2, 0.25) is 0 Å². The Bertz CT molecular complexity index is 2110. The number of nitro benzene ring substituents is 1. The number of nitrogens with zero attached hydrogens (tertiary/aromatic N) is 3. The quantitative estimate of drug-likeness (QED) is 0.0354. The molecule has 18 heteroatoms. The van der Waals surface area contributed by atoms with E-state index in [2.05, 4.69) is 0 Å². The number of nitro groups is 1. The zero-order valence-corrected chi connectivity index (χ0v) is 37.7. The van der Waals surface area contributed by atoms with Crippen molar-refractivity contribution in [3.63, 3.8) is 0 Å². The molecule has 0 N–H and O–H groups in total. The fourth-order valence-corrected chi connectivity index (χ4v) is 5.65. The van der Waals surface area contributed by atoms with Crippen molar-refractivity contribution in [1.82, 2.24) is 9.80 Å². The summed E-state index contributed by atoms with van der Waals surface area (Å²) in [6.45, 7) is 19.2. The Kier molecular flexibility index (Phi) is 16.9. The van der Waals surface area contributed by atoms with Gasteiger partial charge in [-0.1, -0.05) is 12.1 Å². The highest BCUT2D eigenvalue weighted by Crippen LogP contribution is 2.33. The molecule has 0 amide bonds. The molecule has 0 aliphatic carbocycles. The number of ketones is 1. The van der Waals surface area contributed by atoms with E-state index < -0.39 is 68.2 Å². The van der Waals surface area contributed by atoms with Crippen molar-refractivity contribution in [1.29, 1.82) is 0 Å². The van der Waals surface area contributed by atoms with Crippen molar-refractivity contribution in [2.45, 2.75) is 105 Å². The first kappa shape index (κ1) is 50.5. The van der Waals surface area contributed by atoms with E-state index in [1.54, 1.807) is 83.1 Å². The van der Waals surface area contributed by atoms with Crippen LogP contribution in [-0.2, 0) is 38.1 Å². The van der Waals surface area contributed by atoms with Gasteiger partial charge < -0.3 is 32.8 Å². The smallest absolute Gasteiger partial charge is 0.347 e. The fraction of sp³-hybridized carbons (Fsp3) is 0.545. The Morgan fingerprint density at radius 3 is 1.40 bits per heavy atom. The molecule has 0 bridgehead atoms. The van der Waals surface area contributed by atoms with Gasteiger partial charge in [0, 0.05) is 42.2 Å². The molecule has 0 atom stereocenters. The third kappa shape index (κ3) is 18.0. The van der Waals surface area contributed by atoms with Gasteiger partial charge in [0.1, 0.15) is 46.8 Å². The number of fused-ring (bicyclic) bond motifs is 1. The molecule has 1 heterocycles. The molecule has 0 radical (unpaired) electrons. The molecule has 0 aliphatic rings. The topological polar surface area (TPSA) is 221 Å². The van der Waals surface area contributed by atoms with Crippen molar-refractivity contribution in [2.24, 2.45) is 0 Å². The van der Waals surface area contributed by atoms with Gasteiger partial charge in [0.25, 0.3) is 5.69 Å². The first-order valence-corrected chi connectivity index (χ1v) is 20.0. The minimum absolute atomic E-state index is 0.00983. The van der Waals surface area contributed by atoms with E-state index in [9.17, 15) is 38.9 Å². The maximum Gasteiger partial charge on any atom is 0.347 e. The molecule has 0 unspecified atom stereocenters. The second-order valence-corrected chi connectivity index (χ2v) is 18.4. The van der Waals surface area contributed by atoms with E-state index in [0.29, 0.717) is 0 Å². The van der Waals surface area contributed by atoms with Crippen molar-refractivity contribution in [2.75, 3.05) is 52.5 Å². The molecule has 62 heavy (non-hydrogen) atoms. The zero-order valence-electron chi connectivity index (χ0n) is 37.7. The predicted octanol–water partition coefficient (Wildman–Crippen LogP) is 5.66. The lowest BCUT2D eigenvalue weighted by Crippen LogP contribution is -2.41. The number of ether oxygens (including phenoxy) is 6. The molecule has 2 aromatic carbocycles. The lowest BCUT2D eigenvalue weighted by Gasteiger charge is -2.27. The number of non-ortho nitro benzene ring substituents is 1. The molecule has 3 rings (SSSR count). The Morgan fingerprint density at radius 2 is 1.02 bits per heavy atom. The van der Waals surface area contributed by atoms with Crippen molar-refractivity contribution >= 4 is 46.3 Å². The Hall–Kier alpha value is -5.88. The van der Waals surface area contributed by atoms with Crippen LogP contribution in [0.3, 0.4) is 0 Å². The minimum Gasteiger partial charge on any atom is -0.488 e. The first-order valence-electron chi connectivity index (χ1n) is 20.0. The Balaban J connectivity index is 2.00. The Morgan fingerprint density at radius 1 is 0.613 bits per heavy atom. The molecular formula is C44H59N3O15. The van der Waals surface area contributed by atoms with Crippen LogP contribution < -0.4 is 15.1 Å². The number of carbonyl (C=O) groups excluding carboxylic acids is 5. The van der Waals surface area contributed by atoms with Gasteiger partial charge in [0.2, 0.25) is 5.78 Å². The van der Waals surface area contributed by atoms with Gasteiger partial charge in [-0.2, -0.15) is 0 Å². The summed E-state index contributed by atoms with van der Waals surface area (Å²) in [7, 11) is 0. The van der Waals surface area contributed by atoms with Crippen molar-refractivity contribution in [3.05, 3.63) is 74.1 Å². The monoisotopic (exact) mass is 869 g/mol. The third-order valence-electron chi connectivity index (χ3n) is 7.78. The second kappa shape index (κ2) is 20.8. The fourth-order valence-electron chi connectivity index (χ4n) is 5.65. The summed E-state index contributed by atoms with van der Waals surface area (Å²) >= 11 is 0. The van der Waals surface area contributed by atoms with E-state index in [0.717, 1.165) is 6.07 Å². The number of hydrogen-bond acceptors (Lipinski definition) is 17. The molecule has 18 nitrogen and oxygen atoms in total. The molecule has 0 saturated carbocycles. The largest absolute Gasteiger partial charge is 0.488 e. The predicted molar refractivity (Wildman–Crippen MR) is 226 cm³/mol. The third-order valence-corrected chi connectivity index (χ3v) is 7.78. The maximum absolute atomic E-state index is 13.5. The lowest BCUT2D eigenvalue weighted by molar-refractivity contribution is -0.384. The molecule has 0 aliphatic heterocycles. The number of benzene rings is 2. The van der Waals surface area contributed by atoms with Crippen LogP contribution in [0.1, 0.15) is 99.0 Å². The molecule has 0 fully saturated rings. The standard InChI is InChI=1S/C44H59N3O15/c1-41(2,3)59-35(48)24-45(25-36(49)60-42(4,5)6)16-18-56-33-22-29-21-31(39(52)28-14-13-15-30(20-28)47(54)55)40(53)58-32(29)23-34(33)57-19-17-46(26-37(50)61-43(7,8)9)27-38(51)62-44(10,11)12/h13-15,20-23H,16-19,24-27H2,1-12H3. The van der Waals surface area contributed by atoms with Crippen LogP contribution in [-0.4, -0.2) is 119 Å². The molecule has 0 saturated heterocycles. The summed E-state index contributed by atoms with van der Waals surface area (Å²) < 4.78 is 39.8. The van der Waals surface area contributed by atoms with E-state index in [-0.39, 0.29) is 86.2 Å². The SMILES string of the molecule is CC(C)(C)OC(=O)CN(CCOc1cc2cc(C(=O)c3cccc([N+](=O)[O-])c3)c(=O)oc2cc1OCCN(CC(=O)OC(C)(C)C)CC(=O)OC(C)(C)C)CC(=O)OC(C)(C)C. The molecule has 3 aromatic rings. The average Bonchev–Trinajstić information content (AvgIpc) is 3.07. The van der Waals surface area contributed by atoms with Gasteiger partial charge >= 0.3 is 29.5 Å². The Labute approximate surface area is 360 Å². The number of esters is 4. The van der Waals surface area contributed by atoms with Crippen LogP contribution in [0.5, 0.6) is 11.5 Å². The highest BCUT2D eigenvalue weighted by molar-refractivity contribution is 6.10. The lowest BCUT2D eigenvalue weighted by atomic mass is 10.0. The van der Waals surface area contributed by atoms with Gasteiger partial charge in [-0.3, -0.25) is 43.9 Å². The highest BCUT2D eigenvalue weighted by atomic mass is 16.6. The summed E-state index contributed by atoms with van der Waals surface area (Å²) in [5.74, 6) is -3.03. The van der Waals surface area contributed by atoms with Crippen LogP contribution in [0.15, 0.2) is 51.7 Å². The summed E-state index contributed by atoms with van der Waals surface area (Å²) in [6, 6.07) is 8.98. The summed E-state index contributed by atoms with van der Waals surface area (Å²) in [6.07, 6.45) is 0. The minimum atomic E-state index is -1.02. The van der Waals surface area contributed by atoms with Crippen LogP contribution in [0.4, 0.5) is 5.69 Å². The summed E-state index contributed by atoms with van der Waals surface area (Å²) in [5, 5.41) is 11.6. The van der Waals surface area contributed by atoms with Gasteiger partial charge in [-0.25, -0.2) is 4.79 Å². The molecule has 1 aromatic heterocycles. The number of rotatable bonds is 19. The van der Waals surface area contributed by atoms with Crippen LogP contribution in [0, 0.1) is 10.1 Å². The van der Waals surface area contributed by atoms with Gasteiger partial charge in [-0.15, -0.1) is 0 Å². The van der Waals surface area contributed by atoms with E-state index in [1.807, 2.05) is 0 Å². The molecule has 0 spiro atoms. The first-order chi connectivity index (χ1) is 28.5. The number of hydrogen-bond donors (Lipinski definition) is 0. The van der Waals surface area contributed by atoms with Gasteiger partial charge in [-0.05, 0) is 95.2 Å². The summed E-state index contributed by atoms with van der Waals surface area (Å²) in [5.41, 5.74) is -5.04. The average molecular weight is 870 g/mol. The van der Waals surface area contributed by atoms with Crippen LogP contribution >= 0.6 is 0 Å². The maximum atomic E-state index is 13.5. The number of carbonyl (C=O) groups is 5. The van der Waals surface area contributed by atoms with Gasteiger partial charge in [0.05, 0.1) is 31.1 Å². The van der Waals surface area contributed by atoms with E-state index in [4.69, 9.17) is 32.8 Å². The van der Waals surface area contributed by atoms with E-state index >= 15 is 0 Å². The van der Waals surface area contributed by atoms with Crippen molar-refractivity contribution < 1.29 is 61.7 Å². The molecule has 340 valence electrons. The zero-order chi connectivity index (χ0) is 46.8. The molecular weight excluding hydrogens is 810 g/mol. The van der Waals surface area contributed by atoms with Crippen molar-refractivity contribution in [3.8, 4) is 11.5 Å². The second-order valence-electron chi connectivity index (χ2n) is 18.4.